The molecule has 0 radical (unpaired) electrons. The van der Waals surface area contributed by atoms with E-state index >= 15 is 0 Å². The molecule has 2 rings (SSSR count). The van der Waals surface area contributed by atoms with Crippen molar-refractivity contribution in [2.75, 3.05) is 40.0 Å². The zero-order valence-corrected chi connectivity index (χ0v) is 16.4. The Hall–Kier alpha value is -2.43. The van der Waals surface area contributed by atoms with Crippen LogP contribution in [0.1, 0.15) is 12.5 Å². The van der Waals surface area contributed by atoms with Crippen LogP contribution in [-0.2, 0) is 30.3 Å². The number of hydrogen-bond donors (Lipinski definition) is 2. The lowest BCUT2D eigenvalue weighted by atomic mass is 9.89. The number of carbonyl (C=O) groups is 3. The molecule has 1 heterocycles. The molecular weight excluding hydrogens is 388 g/mol. The fraction of sp³-hybridized carbons (Fsp3) is 0.526. The van der Waals surface area contributed by atoms with Gasteiger partial charge in [-0.15, -0.1) is 0 Å². The second kappa shape index (κ2) is 9.86. The Morgan fingerprint density at radius 1 is 1.24 bits per heavy atom. The van der Waals surface area contributed by atoms with Gasteiger partial charge in [0.05, 0.1) is 32.8 Å². The third kappa shape index (κ3) is 6.02. The SMILES string of the molecule is COC(=O)C(N)(CN1CCOCC1)C(=O)[C@H](C)NC(=O)Cc1cc(F)cc(F)c1. The van der Waals surface area contributed by atoms with Gasteiger partial charge in [-0.05, 0) is 24.6 Å². The number of nitrogens with one attached hydrogen (secondary N) is 1. The van der Waals surface area contributed by atoms with Gasteiger partial charge in [0.1, 0.15) is 11.6 Å². The maximum absolute atomic E-state index is 13.3. The van der Waals surface area contributed by atoms with Gasteiger partial charge in [0, 0.05) is 25.7 Å². The van der Waals surface area contributed by atoms with Crippen molar-refractivity contribution in [2.24, 2.45) is 5.73 Å². The van der Waals surface area contributed by atoms with E-state index in [-0.39, 0.29) is 18.5 Å². The Balaban J connectivity index is 2.06. The molecule has 29 heavy (non-hydrogen) atoms. The molecule has 0 spiro atoms. The average Bonchev–Trinajstić information content (AvgIpc) is 2.66. The van der Waals surface area contributed by atoms with E-state index in [0.717, 1.165) is 19.2 Å². The molecule has 0 aliphatic carbocycles. The number of hydrogen-bond acceptors (Lipinski definition) is 7. The molecule has 1 unspecified atom stereocenters. The summed E-state index contributed by atoms with van der Waals surface area (Å²) < 4.78 is 36.5. The second-order valence-corrected chi connectivity index (χ2v) is 6.96. The number of morpholine rings is 1. The number of nitrogens with two attached hydrogens (primary N) is 1. The number of halogens is 2. The maximum atomic E-state index is 13.3. The lowest BCUT2D eigenvalue weighted by molar-refractivity contribution is -0.154. The standard InChI is InChI=1S/C19H25F2N3O5/c1-12(23-16(25)9-13-7-14(20)10-15(21)8-13)17(26)19(22,18(27)28-2)11-24-3-5-29-6-4-24/h7-8,10,12H,3-6,9,11,22H2,1-2H3,(H,23,25)/t12-,19?/m0/s1. The molecule has 3 N–H and O–H groups in total. The highest BCUT2D eigenvalue weighted by molar-refractivity contribution is 6.11. The molecule has 1 fully saturated rings. The number of amides is 1. The molecule has 1 aliphatic rings. The van der Waals surface area contributed by atoms with Gasteiger partial charge in [0.25, 0.3) is 0 Å². The summed E-state index contributed by atoms with van der Waals surface area (Å²) in [5, 5.41) is 2.42. The van der Waals surface area contributed by atoms with E-state index in [1.165, 1.54) is 6.92 Å². The average molecular weight is 413 g/mol. The van der Waals surface area contributed by atoms with E-state index in [2.05, 4.69) is 5.32 Å². The molecule has 1 aliphatic heterocycles. The van der Waals surface area contributed by atoms with Crippen molar-refractivity contribution in [3.63, 3.8) is 0 Å². The topological polar surface area (TPSA) is 111 Å². The number of Topliss-reactive ketones (excluding diaryl/α,β-unsaturated/α-hetero) is 1. The largest absolute Gasteiger partial charge is 0.467 e. The van der Waals surface area contributed by atoms with E-state index < -0.39 is 40.9 Å². The third-order valence-corrected chi connectivity index (χ3v) is 4.62. The van der Waals surface area contributed by atoms with Crippen molar-refractivity contribution in [3.8, 4) is 0 Å². The highest BCUT2D eigenvalue weighted by Crippen LogP contribution is 2.14. The van der Waals surface area contributed by atoms with Crippen LogP contribution in [0.15, 0.2) is 18.2 Å². The smallest absolute Gasteiger partial charge is 0.335 e. The first-order chi connectivity index (χ1) is 13.7. The Labute approximate surface area is 167 Å². The number of ketones is 1. The summed E-state index contributed by atoms with van der Waals surface area (Å²) in [6.07, 6.45) is -0.342. The molecule has 0 saturated carbocycles. The summed E-state index contributed by atoms with van der Waals surface area (Å²) in [6.45, 7) is 3.18. The number of benzene rings is 1. The number of carbonyl (C=O) groups excluding carboxylic acids is 3. The van der Waals surface area contributed by atoms with Crippen LogP contribution in [0.4, 0.5) is 8.78 Å². The molecular formula is C19H25F2N3O5. The lowest BCUT2D eigenvalue weighted by Crippen LogP contribution is -2.66. The first-order valence-corrected chi connectivity index (χ1v) is 9.11. The maximum Gasteiger partial charge on any atom is 0.335 e. The normalized spacial score (nSPS) is 17.8. The monoisotopic (exact) mass is 413 g/mol. The van der Waals surface area contributed by atoms with Crippen molar-refractivity contribution in [1.82, 2.24) is 10.2 Å². The first kappa shape index (κ1) is 22.9. The van der Waals surface area contributed by atoms with E-state index in [1.54, 1.807) is 0 Å². The zero-order chi connectivity index (χ0) is 21.6. The second-order valence-electron chi connectivity index (χ2n) is 6.96. The number of nitrogens with zero attached hydrogens (tertiary/aromatic N) is 1. The van der Waals surface area contributed by atoms with Gasteiger partial charge in [-0.3, -0.25) is 14.5 Å². The number of rotatable bonds is 8. The number of esters is 1. The summed E-state index contributed by atoms with van der Waals surface area (Å²) in [5.74, 6) is -3.91. The third-order valence-electron chi connectivity index (χ3n) is 4.62. The van der Waals surface area contributed by atoms with Crippen LogP contribution >= 0.6 is 0 Å². The number of methoxy groups -OCH3 is 1. The summed E-state index contributed by atoms with van der Waals surface area (Å²) in [7, 11) is 1.12. The molecule has 0 aromatic heterocycles. The van der Waals surface area contributed by atoms with E-state index in [9.17, 15) is 23.2 Å². The van der Waals surface area contributed by atoms with Crippen LogP contribution < -0.4 is 11.1 Å². The Morgan fingerprint density at radius 2 is 1.83 bits per heavy atom. The van der Waals surface area contributed by atoms with E-state index in [0.29, 0.717) is 32.4 Å². The van der Waals surface area contributed by atoms with Crippen molar-refractivity contribution >= 4 is 17.7 Å². The van der Waals surface area contributed by atoms with Gasteiger partial charge < -0.3 is 20.5 Å². The van der Waals surface area contributed by atoms with Gasteiger partial charge >= 0.3 is 5.97 Å². The van der Waals surface area contributed by atoms with E-state index in [4.69, 9.17) is 15.2 Å². The molecule has 1 saturated heterocycles. The highest BCUT2D eigenvalue weighted by Gasteiger charge is 2.46. The Kier molecular flexibility index (Phi) is 7.77. The molecule has 0 bridgehead atoms. The van der Waals surface area contributed by atoms with Crippen LogP contribution in [0.25, 0.3) is 0 Å². The predicted octanol–water partition coefficient (Wildman–Crippen LogP) is -0.216. The number of ether oxygens (including phenoxy) is 2. The molecule has 2 atom stereocenters. The highest BCUT2D eigenvalue weighted by atomic mass is 19.1. The zero-order valence-electron chi connectivity index (χ0n) is 16.4. The van der Waals surface area contributed by atoms with Crippen molar-refractivity contribution < 1.29 is 32.6 Å². The molecule has 1 aromatic rings. The van der Waals surface area contributed by atoms with Crippen molar-refractivity contribution in [3.05, 3.63) is 35.4 Å². The van der Waals surface area contributed by atoms with Crippen molar-refractivity contribution in [2.45, 2.75) is 24.9 Å². The fourth-order valence-corrected chi connectivity index (χ4v) is 3.18. The van der Waals surface area contributed by atoms with Gasteiger partial charge in [-0.2, -0.15) is 0 Å². The van der Waals surface area contributed by atoms with Crippen LogP contribution in [0.3, 0.4) is 0 Å². The minimum absolute atomic E-state index is 0.0861. The molecule has 10 heteroatoms. The summed E-state index contributed by atoms with van der Waals surface area (Å²) >= 11 is 0. The molecule has 160 valence electrons. The van der Waals surface area contributed by atoms with Crippen LogP contribution in [0.5, 0.6) is 0 Å². The Bertz CT molecular complexity index is 750. The van der Waals surface area contributed by atoms with E-state index in [1.807, 2.05) is 4.90 Å². The summed E-state index contributed by atoms with van der Waals surface area (Å²) in [4.78, 5) is 39.2. The lowest BCUT2D eigenvalue weighted by Gasteiger charge is -2.35. The van der Waals surface area contributed by atoms with Crippen LogP contribution in [0, 0.1) is 11.6 Å². The summed E-state index contributed by atoms with van der Waals surface area (Å²) in [5.41, 5.74) is 4.27. The molecule has 8 nitrogen and oxygen atoms in total. The first-order valence-electron chi connectivity index (χ1n) is 9.11. The quantitative estimate of drug-likeness (QED) is 0.448. The van der Waals surface area contributed by atoms with Gasteiger partial charge in [0.15, 0.2) is 11.3 Å². The molecule has 1 amide bonds. The molecule has 1 aromatic carbocycles. The fourth-order valence-electron chi connectivity index (χ4n) is 3.18. The van der Waals surface area contributed by atoms with Gasteiger partial charge in [-0.25, -0.2) is 13.6 Å². The van der Waals surface area contributed by atoms with Gasteiger partial charge in [0.2, 0.25) is 5.91 Å². The predicted molar refractivity (Wildman–Crippen MR) is 98.9 cm³/mol. The minimum atomic E-state index is -1.98. The minimum Gasteiger partial charge on any atom is -0.467 e. The van der Waals surface area contributed by atoms with Crippen LogP contribution in [0.2, 0.25) is 0 Å². The summed E-state index contributed by atoms with van der Waals surface area (Å²) in [6, 6.07) is 1.62. The van der Waals surface area contributed by atoms with Crippen LogP contribution in [-0.4, -0.2) is 74.1 Å². The van der Waals surface area contributed by atoms with Gasteiger partial charge in [-0.1, -0.05) is 0 Å². The van der Waals surface area contributed by atoms with Crippen molar-refractivity contribution in [1.29, 1.82) is 0 Å². The Morgan fingerprint density at radius 3 is 2.38 bits per heavy atom.